The van der Waals surface area contributed by atoms with Gasteiger partial charge in [0.2, 0.25) is 0 Å². The van der Waals surface area contributed by atoms with Crippen molar-refractivity contribution in [1.29, 1.82) is 0 Å². The highest BCUT2D eigenvalue weighted by Gasteiger charge is 2.32. The zero-order chi connectivity index (χ0) is 13.0. The van der Waals surface area contributed by atoms with Gasteiger partial charge < -0.3 is 10.4 Å². The van der Waals surface area contributed by atoms with Gasteiger partial charge >= 0.3 is 0 Å². The quantitative estimate of drug-likeness (QED) is 0.682. The molecule has 2 N–H and O–H groups in total. The molecule has 0 aromatic heterocycles. The third-order valence-electron chi connectivity index (χ3n) is 4.85. The van der Waals surface area contributed by atoms with Crippen molar-refractivity contribution >= 4 is 0 Å². The summed E-state index contributed by atoms with van der Waals surface area (Å²) in [6.45, 7) is 5.81. The molecule has 0 aromatic rings. The fraction of sp³-hybridized carbons (Fsp3) is 1.00. The smallest absolute Gasteiger partial charge is 0.0568 e. The fourth-order valence-electron chi connectivity index (χ4n) is 3.56. The Morgan fingerprint density at radius 1 is 1.11 bits per heavy atom. The molecule has 0 aromatic carbocycles. The molecule has 18 heavy (non-hydrogen) atoms. The van der Waals surface area contributed by atoms with Gasteiger partial charge in [0.25, 0.3) is 0 Å². The summed E-state index contributed by atoms with van der Waals surface area (Å²) in [5, 5.41) is 13.7. The van der Waals surface area contributed by atoms with Crippen molar-refractivity contribution in [3.8, 4) is 0 Å². The number of hydrogen-bond acceptors (Lipinski definition) is 2. The largest absolute Gasteiger partial charge is 0.393 e. The Kier molecular flexibility index (Phi) is 5.50. The second kappa shape index (κ2) is 6.91. The van der Waals surface area contributed by atoms with E-state index in [0.29, 0.717) is 5.92 Å². The topological polar surface area (TPSA) is 32.3 Å². The molecule has 0 aliphatic heterocycles. The maximum atomic E-state index is 9.94. The summed E-state index contributed by atoms with van der Waals surface area (Å²) in [6, 6.07) is 0.737. The molecule has 2 rings (SSSR count). The molecule has 0 bridgehead atoms. The van der Waals surface area contributed by atoms with Crippen LogP contribution >= 0.6 is 0 Å². The van der Waals surface area contributed by atoms with Gasteiger partial charge in [0.1, 0.15) is 0 Å². The first kappa shape index (κ1) is 14.3. The Balaban J connectivity index is 1.59. The average molecular weight is 253 g/mol. The lowest BCUT2D eigenvalue weighted by molar-refractivity contribution is 0.0641. The summed E-state index contributed by atoms with van der Waals surface area (Å²) < 4.78 is 0. The van der Waals surface area contributed by atoms with E-state index in [1.54, 1.807) is 0 Å². The highest BCUT2D eigenvalue weighted by Crippen LogP contribution is 2.35. The van der Waals surface area contributed by atoms with Crippen LogP contribution in [-0.2, 0) is 0 Å². The minimum Gasteiger partial charge on any atom is -0.393 e. The first-order valence-electron chi connectivity index (χ1n) is 8.10. The zero-order valence-corrected chi connectivity index (χ0v) is 12.2. The van der Waals surface area contributed by atoms with Crippen LogP contribution in [0.1, 0.15) is 65.2 Å². The Hall–Kier alpha value is -0.0800. The summed E-state index contributed by atoms with van der Waals surface area (Å²) in [5.74, 6) is 2.29. The third-order valence-corrected chi connectivity index (χ3v) is 4.85. The van der Waals surface area contributed by atoms with E-state index in [0.717, 1.165) is 30.8 Å². The number of aliphatic hydroxyl groups excluding tert-OH is 1. The van der Waals surface area contributed by atoms with Gasteiger partial charge in [-0.3, -0.25) is 0 Å². The van der Waals surface area contributed by atoms with Crippen molar-refractivity contribution < 1.29 is 5.11 Å². The maximum Gasteiger partial charge on any atom is 0.0568 e. The van der Waals surface area contributed by atoms with Crippen LogP contribution < -0.4 is 5.32 Å². The second-order valence-corrected chi connectivity index (χ2v) is 6.82. The number of rotatable bonds is 7. The second-order valence-electron chi connectivity index (χ2n) is 6.82. The van der Waals surface area contributed by atoms with E-state index in [9.17, 15) is 5.11 Å². The number of aliphatic hydroxyl groups is 1. The van der Waals surface area contributed by atoms with Crippen LogP contribution in [0.5, 0.6) is 0 Å². The van der Waals surface area contributed by atoms with Gasteiger partial charge in [0, 0.05) is 6.04 Å². The summed E-state index contributed by atoms with van der Waals surface area (Å²) in [7, 11) is 0. The van der Waals surface area contributed by atoms with Gasteiger partial charge in [-0.25, -0.2) is 0 Å². The monoisotopic (exact) mass is 253 g/mol. The van der Waals surface area contributed by atoms with Crippen molar-refractivity contribution in [2.45, 2.75) is 77.4 Å². The highest BCUT2D eigenvalue weighted by atomic mass is 16.3. The molecule has 2 fully saturated rings. The molecule has 2 saturated carbocycles. The van der Waals surface area contributed by atoms with Crippen LogP contribution in [0.4, 0.5) is 0 Å². The summed E-state index contributed by atoms with van der Waals surface area (Å²) >= 11 is 0. The fourth-order valence-corrected chi connectivity index (χ4v) is 3.56. The van der Waals surface area contributed by atoms with Crippen LogP contribution in [-0.4, -0.2) is 23.8 Å². The molecule has 0 heterocycles. The molecule has 2 aliphatic carbocycles. The Morgan fingerprint density at radius 2 is 1.83 bits per heavy atom. The van der Waals surface area contributed by atoms with Crippen LogP contribution in [0.25, 0.3) is 0 Å². The van der Waals surface area contributed by atoms with Crippen LogP contribution in [0.3, 0.4) is 0 Å². The maximum absolute atomic E-state index is 9.94. The van der Waals surface area contributed by atoms with Crippen LogP contribution in [0, 0.1) is 17.8 Å². The number of nitrogens with one attached hydrogen (secondary N) is 1. The Morgan fingerprint density at radius 3 is 2.44 bits per heavy atom. The molecule has 0 radical (unpaired) electrons. The van der Waals surface area contributed by atoms with Crippen molar-refractivity contribution in [1.82, 2.24) is 5.32 Å². The normalized spacial score (nSPS) is 30.7. The minimum absolute atomic E-state index is 0.0110. The standard InChI is InChI=1S/C16H31NO/c1-12(2)16(14-9-10-14)17-11-5-7-13-6-3-4-8-15(13)18/h12-18H,3-11H2,1-2H3. The van der Waals surface area contributed by atoms with Gasteiger partial charge in [-0.15, -0.1) is 0 Å². The molecule has 2 heteroatoms. The van der Waals surface area contributed by atoms with Gasteiger partial charge in [-0.05, 0) is 62.8 Å². The van der Waals surface area contributed by atoms with Gasteiger partial charge in [-0.2, -0.15) is 0 Å². The van der Waals surface area contributed by atoms with E-state index in [1.165, 1.54) is 44.9 Å². The lowest BCUT2D eigenvalue weighted by atomic mass is 9.83. The van der Waals surface area contributed by atoms with Crippen molar-refractivity contribution in [3.05, 3.63) is 0 Å². The summed E-state index contributed by atoms with van der Waals surface area (Å²) in [5.41, 5.74) is 0. The van der Waals surface area contributed by atoms with E-state index in [-0.39, 0.29) is 6.10 Å². The van der Waals surface area contributed by atoms with E-state index >= 15 is 0 Å². The molecule has 3 unspecified atom stereocenters. The zero-order valence-electron chi connectivity index (χ0n) is 12.2. The van der Waals surface area contributed by atoms with Crippen molar-refractivity contribution in [3.63, 3.8) is 0 Å². The predicted molar refractivity (Wildman–Crippen MR) is 76.6 cm³/mol. The molecule has 2 nitrogen and oxygen atoms in total. The molecule has 2 aliphatic rings. The van der Waals surface area contributed by atoms with Crippen LogP contribution in [0.2, 0.25) is 0 Å². The molecular formula is C16H31NO. The van der Waals surface area contributed by atoms with E-state index < -0.39 is 0 Å². The molecule has 106 valence electrons. The average Bonchev–Trinajstić information content (AvgIpc) is 3.15. The molecule has 0 saturated heterocycles. The van der Waals surface area contributed by atoms with E-state index in [4.69, 9.17) is 0 Å². The van der Waals surface area contributed by atoms with Gasteiger partial charge in [-0.1, -0.05) is 26.7 Å². The molecule has 0 amide bonds. The van der Waals surface area contributed by atoms with Crippen LogP contribution in [0.15, 0.2) is 0 Å². The minimum atomic E-state index is -0.0110. The lowest BCUT2D eigenvalue weighted by Crippen LogP contribution is -2.36. The van der Waals surface area contributed by atoms with E-state index in [2.05, 4.69) is 19.2 Å². The van der Waals surface area contributed by atoms with Crippen molar-refractivity contribution in [2.24, 2.45) is 17.8 Å². The molecule has 3 atom stereocenters. The summed E-state index contributed by atoms with van der Waals surface area (Å²) in [6.07, 6.45) is 10.1. The van der Waals surface area contributed by atoms with Gasteiger partial charge in [0.15, 0.2) is 0 Å². The Bertz CT molecular complexity index is 235. The highest BCUT2D eigenvalue weighted by molar-refractivity contribution is 4.88. The first-order chi connectivity index (χ1) is 8.68. The first-order valence-corrected chi connectivity index (χ1v) is 8.10. The van der Waals surface area contributed by atoms with Gasteiger partial charge in [0.05, 0.1) is 6.10 Å². The number of hydrogen-bond donors (Lipinski definition) is 2. The van der Waals surface area contributed by atoms with Crippen molar-refractivity contribution in [2.75, 3.05) is 6.54 Å². The molecular weight excluding hydrogens is 222 g/mol. The Labute approximate surface area is 113 Å². The van der Waals surface area contributed by atoms with E-state index in [1.807, 2.05) is 0 Å². The molecule has 0 spiro atoms. The predicted octanol–water partition coefficient (Wildman–Crippen LogP) is 3.34. The lowest BCUT2D eigenvalue weighted by Gasteiger charge is -2.28. The summed E-state index contributed by atoms with van der Waals surface area (Å²) in [4.78, 5) is 0. The SMILES string of the molecule is CC(C)C(NCCCC1CCCCC1O)C1CC1. The third kappa shape index (κ3) is 4.24.